The molecule has 152 valence electrons. The van der Waals surface area contributed by atoms with Crippen LogP contribution in [-0.4, -0.2) is 33.4 Å². The molecule has 1 fully saturated rings. The minimum absolute atomic E-state index is 0.0140. The van der Waals surface area contributed by atoms with Crippen LogP contribution in [0.5, 0.6) is 0 Å². The molecule has 4 rings (SSSR count). The first-order valence-corrected chi connectivity index (χ1v) is 9.76. The lowest BCUT2D eigenvalue weighted by molar-refractivity contribution is -0.138. The summed E-state index contributed by atoms with van der Waals surface area (Å²) in [6.45, 7) is 1.44. The van der Waals surface area contributed by atoms with Gasteiger partial charge in [0.05, 0.1) is 10.9 Å². The van der Waals surface area contributed by atoms with Crippen LogP contribution in [0.4, 0.5) is 24.9 Å². The van der Waals surface area contributed by atoms with E-state index in [9.17, 15) is 13.2 Å². The number of rotatable bonds is 4. The van der Waals surface area contributed by atoms with Gasteiger partial charge in [-0.3, -0.25) is 0 Å². The SMILES string of the molecule is FC(F)(F)c1ccccc1CNc1nc(N2CCC(Cl)CC2)nc2ncccc12. The first-order chi connectivity index (χ1) is 13.9. The van der Waals surface area contributed by atoms with Crippen LogP contribution in [0, 0.1) is 0 Å². The Bertz CT molecular complexity index is 1000. The normalized spacial score (nSPS) is 15.7. The highest BCUT2D eigenvalue weighted by Crippen LogP contribution is 2.32. The quantitative estimate of drug-likeness (QED) is 0.609. The molecular formula is C20H19ClF3N5. The van der Waals surface area contributed by atoms with Crippen LogP contribution in [0.1, 0.15) is 24.0 Å². The second-order valence-electron chi connectivity index (χ2n) is 6.92. The molecule has 0 saturated carbocycles. The van der Waals surface area contributed by atoms with E-state index in [4.69, 9.17) is 11.6 Å². The molecule has 2 aromatic heterocycles. The maximum atomic E-state index is 13.3. The molecule has 3 aromatic rings. The molecule has 5 nitrogen and oxygen atoms in total. The first kappa shape index (κ1) is 19.7. The summed E-state index contributed by atoms with van der Waals surface area (Å²) in [7, 11) is 0. The first-order valence-electron chi connectivity index (χ1n) is 9.32. The van der Waals surface area contributed by atoms with Crippen LogP contribution in [0.15, 0.2) is 42.6 Å². The maximum Gasteiger partial charge on any atom is 0.416 e. The summed E-state index contributed by atoms with van der Waals surface area (Å²) >= 11 is 6.18. The fourth-order valence-corrected chi connectivity index (χ4v) is 3.60. The third-order valence-electron chi connectivity index (χ3n) is 4.94. The minimum atomic E-state index is -4.41. The fraction of sp³-hybridized carbons (Fsp3) is 0.350. The average molecular weight is 422 g/mol. The molecule has 0 radical (unpaired) electrons. The Balaban J connectivity index is 1.65. The number of hydrogen-bond donors (Lipinski definition) is 1. The smallest absolute Gasteiger partial charge is 0.365 e. The fourth-order valence-electron chi connectivity index (χ4n) is 3.40. The Morgan fingerprint density at radius 2 is 1.83 bits per heavy atom. The molecule has 1 N–H and O–H groups in total. The highest BCUT2D eigenvalue weighted by atomic mass is 35.5. The summed E-state index contributed by atoms with van der Waals surface area (Å²) in [5, 5.41) is 3.86. The van der Waals surface area contributed by atoms with Gasteiger partial charge in [-0.15, -0.1) is 11.6 Å². The van der Waals surface area contributed by atoms with Crippen molar-refractivity contribution in [2.75, 3.05) is 23.3 Å². The lowest BCUT2D eigenvalue weighted by Gasteiger charge is -2.29. The van der Waals surface area contributed by atoms with E-state index in [0.717, 1.165) is 32.0 Å². The van der Waals surface area contributed by atoms with E-state index in [1.165, 1.54) is 12.1 Å². The molecule has 0 spiro atoms. The van der Waals surface area contributed by atoms with Gasteiger partial charge in [0.1, 0.15) is 5.82 Å². The topological polar surface area (TPSA) is 53.9 Å². The molecule has 9 heteroatoms. The van der Waals surface area contributed by atoms with Crippen molar-refractivity contribution in [1.82, 2.24) is 15.0 Å². The highest BCUT2D eigenvalue weighted by Gasteiger charge is 2.32. The summed E-state index contributed by atoms with van der Waals surface area (Å²) in [6, 6.07) is 9.07. The van der Waals surface area contributed by atoms with E-state index < -0.39 is 11.7 Å². The number of nitrogens with one attached hydrogen (secondary N) is 1. The second-order valence-corrected chi connectivity index (χ2v) is 7.53. The molecular weight excluding hydrogens is 403 g/mol. The number of pyridine rings is 1. The number of nitrogens with zero attached hydrogens (tertiary/aromatic N) is 4. The van der Waals surface area contributed by atoms with Crippen molar-refractivity contribution in [1.29, 1.82) is 0 Å². The molecule has 29 heavy (non-hydrogen) atoms. The molecule has 3 heterocycles. The largest absolute Gasteiger partial charge is 0.416 e. The van der Waals surface area contributed by atoms with E-state index in [-0.39, 0.29) is 17.5 Å². The molecule has 0 aliphatic carbocycles. The van der Waals surface area contributed by atoms with E-state index in [2.05, 4.69) is 20.3 Å². The van der Waals surface area contributed by atoms with Crippen molar-refractivity contribution in [3.05, 3.63) is 53.7 Å². The van der Waals surface area contributed by atoms with Crippen LogP contribution < -0.4 is 10.2 Å². The molecule has 0 bridgehead atoms. The van der Waals surface area contributed by atoms with Crippen LogP contribution in [0.3, 0.4) is 0 Å². The van der Waals surface area contributed by atoms with E-state index >= 15 is 0 Å². The molecule has 1 aromatic carbocycles. The monoisotopic (exact) mass is 421 g/mol. The predicted molar refractivity (Wildman–Crippen MR) is 107 cm³/mol. The number of fused-ring (bicyclic) bond motifs is 1. The predicted octanol–water partition coefficient (Wildman–Crippen LogP) is 4.86. The van der Waals surface area contributed by atoms with Gasteiger partial charge in [0, 0.05) is 31.2 Å². The minimum Gasteiger partial charge on any atom is -0.365 e. The molecule has 0 unspecified atom stereocenters. The van der Waals surface area contributed by atoms with Gasteiger partial charge in [-0.2, -0.15) is 23.1 Å². The van der Waals surface area contributed by atoms with E-state index in [1.807, 2.05) is 4.90 Å². The number of halogens is 4. The second kappa shape index (κ2) is 8.02. The van der Waals surface area contributed by atoms with Gasteiger partial charge in [-0.25, -0.2) is 4.98 Å². The van der Waals surface area contributed by atoms with Crippen LogP contribution in [0.25, 0.3) is 11.0 Å². The van der Waals surface area contributed by atoms with Gasteiger partial charge in [0.25, 0.3) is 0 Å². The Labute approximate surface area is 170 Å². The van der Waals surface area contributed by atoms with Crippen LogP contribution in [0.2, 0.25) is 0 Å². The average Bonchev–Trinajstić information content (AvgIpc) is 2.72. The van der Waals surface area contributed by atoms with Gasteiger partial charge in [-0.1, -0.05) is 18.2 Å². The molecule has 0 amide bonds. The summed E-state index contributed by atoms with van der Waals surface area (Å²) in [6.07, 6.45) is -1.13. The molecule has 1 saturated heterocycles. The summed E-state index contributed by atoms with van der Waals surface area (Å²) in [5.74, 6) is 0.967. The summed E-state index contributed by atoms with van der Waals surface area (Å²) in [5.41, 5.74) is -0.00865. The zero-order valence-corrected chi connectivity index (χ0v) is 16.2. The number of benzene rings is 1. The van der Waals surface area contributed by atoms with Crippen molar-refractivity contribution >= 4 is 34.4 Å². The third-order valence-corrected chi connectivity index (χ3v) is 5.37. The van der Waals surface area contributed by atoms with Crippen molar-refractivity contribution in [3.8, 4) is 0 Å². The highest BCUT2D eigenvalue weighted by molar-refractivity contribution is 6.20. The standard InChI is InChI=1S/C20H19ClF3N5/c21-14-7-10-29(11-8-14)19-27-17-15(5-3-9-25-17)18(28-19)26-12-13-4-1-2-6-16(13)20(22,23)24/h1-6,9,14H,7-8,10-12H2,(H,25,26,27,28). The number of hydrogen-bond acceptors (Lipinski definition) is 5. The number of piperidine rings is 1. The molecule has 1 aliphatic rings. The van der Waals surface area contributed by atoms with Gasteiger partial charge in [0.15, 0.2) is 5.65 Å². The maximum absolute atomic E-state index is 13.3. The Hall–Kier alpha value is -2.61. The Morgan fingerprint density at radius 3 is 2.59 bits per heavy atom. The van der Waals surface area contributed by atoms with Crippen molar-refractivity contribution in [2.24, 2.45) is 0 Å². The van der Waals surface area contributed by atoms with Gasteiger partial charge in [0.2, 0.25) is 5.95 Å². The van der Waals surface area contributed by atoms with E-state index in [0.29, 0.717) is 22.8 Å². The van der Waals surface area contributed by atoms with E-state index in [1.54, 1.807) is 24.4 Å². The van der Waals surface area contributed by atoms with Gasteiger partial charge in [-0.05, 0) is 36.6 Å². The summed E-state index contributed by atoms with van der Waals surface area (Å²) < 4.78 is 39.9. The zero-order valence-electron chi connectivity index (χ0n) is 15.5. The van der Waals surface area contributed by atoms with Crippen LogP contribution in [-0.2, 0) is 12.7 Å². The Morgan fingerprint density at radius 1 is 1.07 bits per heavy atom. The van der Waals surface area contributed by atoms with Gasteiger partial charge >= 0.3 is 6.18 Å². The van der Waals surface area contributed by atoms with Crippen molar-refractivity contribution in [3.63, 3.8) is 0 Å². The van der Waals surface area contributed by atoms with Crippen molar-refractivity contribution in [2.45, 2.75) is 30.9 Å². The Kier molecular flexibility index (Phi) is 5.45. The number of alkyl halides is 4. The number of anilines is 2. The zero-order chi connectivity index (χ0) is 20.4. The van der Waals surface area contributed by atoms with Gasteiger partial charge < -0.3 is 10.2 Å². The third kappa shape index (κ3) is 4.37. The lowest BCUT2D eigenvalue weighted by Crippen LogP contribution is -2.35. The molecule has 1 aliphatic heterocycles. The molecule has 0 atom stereocenters. The van der Waals surface area contributed by atoms with Crippen molar-refractivity contribution < 1.29 is 13.2 Å². The number of aromatic nitrogens is 3. The summed E-state index contributed by atoms with van der Waals surface area (Å²) in [4.78, 5) is 15.5. The lowest BCUT2D eigenvalue weighted by atomic mass is 10.1. The van der Waals surface area contributed by atoms with Crippen LogP contribution >= 0.6 is 11.6 Å².